The van der Waals surface area contributed by atoms with Gasteiger partial charge in [0.1, 0.15) is 0 Å². The zero-order chi connectivity index (χ0) is 8.91. The summed E-state index contributed by atoms with van der Waals surface area (Å²) < 4.78 is 34.5. The van der Waals surface area contributed by atoms with Crippen molar-refractivity contribution in [2.75, 3.05) is 5.75 Å². The van der Waals surface area contributed by atoms with Gasteiger partial charge in [0, 0.05) is 5.75 Å². The highest BCUT2D eigenvalue weighted by atomic mass is 32.2. The molecule has 0 rings (SSSR count). The molecule has 0 aliphatic heterocycles. The van der Waals surface area contributed by atoms with Gasteiger partial charge in [0.15, 0.2) is 5.17 Å². The van der Waals surface area contributed by atoms with Crippen LogP contribution in [-0.2, 0) is 0 Å². The molecule has 0 saturated carbocycles. The second kappa shape index (κ2) is 4.32. The Labute approximate surface area is 66.0 Å². The van der Waals surface area contributed by atoms with Gasteiger partial charge in [0.05, 0.1) is 6.42 Å². The predicted octanol–water partition coefficient (Wildman–Crippen LogP) is 0.860. The molecule has 0 aromatic heterocycles. The molecular weight excluding hydrogens is 179 g/mol. The summed E-state index contributed by atoms with van der Waals surface area (Å²) in [6.45, 7) is 0. The molecule has 4 N–H and O–H groups in total. The minimum absolute atomic E-state index is 0.0331. The molecule has 0 radical (unpaired) electrons. The number of hydrogen-bond donors (Lipinski definition) is 2. The first-order valence-electron chi connectivity index (χ1n) is 2.68. The van der Waals surface area contributed by atoms with Crippen molar-refractivity contribution >= 4 is 16.9 Å². The average Bonchev–Trinajstić information content (AvgIpc) is 1.85. The van der Waals surface area contributed by atoms with Crippen LogP contribution in [-0.4, -0.2) is 17.1 Å². The standard InChI is InChI=1S/C4H8F3N3S/c5-4(6,7)1-2-11-3(8)10-9/h1-2,9H2,(H2,8,10). The molecule has 0 aliphatic carbocycles. The van der Waals surface area contributed by atoms with Gasteiger partial charge >= 0.3 is 6.18 Å². The summed E-state index contributed by atoms with van der Waals surface area (Å²) in [6, 6.07) is 0. The van der Waals surface area contributed by atoms with Crippen LogP contribution in [0.25, 0.3) is 0 Å². The number of amidine groups is 1. The largest absolute Gasteiger partial charge is 0.389 e. The van der Waals surface area contributed by atoms with Crippen LogP contribution in [0.5, 0.6) is 0 Å². The van der Waals surface area contributed by atoms with E-state index in [1.54, 1.807) is 0 Å². The molecule has 0 fully saturated rings. The highest BCUT2D eigenvalue weighted by Gasteiger charge is 2.26. The van der Waals surface area contributed by atoms with Crippen molar-refractivity contribution in [1.29, 1.82) is 0 Å². The summed E-state index contributed by atoms with van der Waals surface area (Å²) >= 11 is 0.786. The average molecular weight is 187 g/mol. The molecule has 0 unspecified atom stereocenters. The van der Waals surface area contributed by atoms with E-state index in [9.17, 15) is 13.2 Å². The van der Waals surface area contributed by atoms with Gasteiger partial charge in [0.25, 0.3) is 0 Å². The first-order chi connectivity index (χ1) is 4.95. The Balaban J connectivity index is 3.43. The van der Waals surface area contributed by atoms with Gasteiger partial charge in [-0.25, -0.2) is 0 Å². The number of nitrogens with zero attached hydrogens (tertiary/aromatic N) is 1. The molecule has 3 nitrogen and oxygen atoms in total. The van der Waals surface area contributed by atoms with Crippen molar-refractivity contribution in [1.82, 2.24) is 0 Å². The Hall–Kier alpha value is -0.590. The maximum atomic E-state index is 11.5. The smallest absolute Gasteiger partial charge is 0.377 e. The molecule has 66 valence electrons. The quantitative estimate of drug-likeness (QED) is 0.291. The highest BCUT2D eigenvalue weighted by molar-refractivity contribution is 8.13. The monoisotopic (exact) mass is 187 g/mol. The summed E-state index contributed by atoms with van der Waals surface area (Å²) in [5.74, 6) is 4.54. The van der Waals surface area contributed by atoms with E-state index in [0.717, 1.165) is 11.8 Å². The Kier molecular flexibility index (Phi) is 4.09. The van der Waals surface area contributed by atoms with Gasteiger partial charge in [-0.3, -0.25) is 0 Å². The lowest BCUT2D eigenvalue weighted by molar-refractivity contribution is -0.129. The topological polar surface area (TPSA) is 64.4 Å². The van der Waals surface area contributed by atoms with Gasteiger partial charge in [-0.05, 0) is 0 Å². The zero-order valence-electron chi connectivity index (χ0n) is 5.56. The number of nitrogens with two attached hydrogens (primary N) is 2. The van der Waals surface area contributed by atoms with Crippen molar-refractivity contribution < 1.29 is 13.2 Å². The third-order valence-corrected chi connectivity index (χ3v) is 1.57. The van der Waals surface area contributed by atoms with Gasteiger partial charge in [-0.1, -0.05) is 11.8 Å². The summed E-state index contributed by atoms with van der Waals surface area (Å²) in [6.07, 6.45) is -5.02. The van der Waals surface area contributed by atoms with E-state index >= 15 is 0 Å². The minimum atomic E-state index is -4.14. The number of rotatable bonds is 2. The fourth-order valence-corrected chi connectivity index (χ4v) is 0.926. The van der Waals surface area contributed by atoms with Crippen LogP contribution in [0.3, 0.4) is 0 Å². The van der Waals surface area contributed by atoms with E-state index in [0.29, 0.717) is 0 Å². The Morgan fingerprint density at radius 3 is 2.36 bits per heavy atom. The van der Waals surface area contributed by atoms with Crippen LogP contribution >= 0.6 is 11.8 Å². The molecule has 0 aromatic rings. The molecular formula is C4H8F3N3S. The van der Waals surface area contributed by atoms with Crippen LogP contribution < -0.4 is 11.6 Å². The van der Waals surface area contributed by atoms with Crippen LogP contribution in [0.1, 0.15) is 6.42 Å². The van der Waals surface area contributed by atoms with Gasteiger partial charge < -0.3 is 11.6 Å². The lowest BCUT2D eigenvalue weighted by Gasteiger charge is -2.03. The van der Waals surface area contributed by atoms with Gasteiger partial charge in [-0.2, -0.15) is 18.3 Å². The third kappa shape index (κ3) is 7.31. The normalized spacial score (nSPS) is 13.5. The van der Waals surface area contributed by atoms with Crippen LogP contribution in [0.15, 0.2) is 5.10 Å². The number of alkyl halides is 3. The number of hydrogen-bond acceptors (Lipinski definition) is 3. The molecule has 0 aromatic carbocycles. The Bertz CT molecular complexity index is 144. The number of hydrazone groups is 1. The summed E-state index contributed by atoms with van der Waals surface area (Å²) in [5.41, 5.74) is 5.02. The number of thioether (sulfide) groups is 1. The molecule has 11 heavy (non-hydrogen) atoms. The van der Waals surface area contributed by atoms with Crippen molar-refractivity contribution in [2.24, 2.45) is 16.7 Å². The zero-order valence-corrected chi connectivity index (χ0v) is 6.37. The van der Waals surface area contributed by atoms with E-state index in [-0.39, 0.29) is 10.9 Å². The van der Waals surface area contributed by atoms with Crippen LogP contribution in [0.2, 0.25) is 0 Å². The van der Waals surface area contributed by atoms with Crippen LogP contribution in [0, 0.1) is 0 Å². The summed E-state index contributed by atoms with van der Waals surface area (Å²) in [4.78, 5) is 0. The summed E-state index contributed by atoms with van der Waals surface area (Å²) in [7, 11) is 0. The molecule has 7 heteroatoms. The third-order valence-electron chi connectivity index (χ3n) is 0.763. The van der Waals surface area contributed by atoms with Gasteiger partial charge in [0.2, 0.25) is 0 Å². The second-order valence-electron chi connectivity index (χ2n) is 1.68. The molecule has 0 bridgehead atoms. The van der Waals surface area contributed by atoms with E-state index in [1.807, 2.05) is 0 Å². The van der Waals surface area contributed by atoms with Crippen molar-refractivity contribution in [2.45, 2.75) is 12.6 Å². The minimum Gasteiger partial charge on any atom is -0.377 e. The molecule has 0 heterocycles. The molecule has 0 spiro atoms. The Morgan fingerprint density at radius 2 is 2.00 bits per heavy atom. The maximum absolute atomic E-state index is 11.5. The van der Waals surface area contributed by atoms with E-state index in [4.69, 9.17) is 5.73 Å². The van der Waals surface area contributed by atoms with E-state index in [2.05, 4.69) is 10.9 Å². The fourth-order valence-electron chi connectivity index (χ4n) is 0.309. The van der Waals surface area contributed by atoms with E-state index < -0.39 is 12.6 Å². The molecule has 0 amide bonds. The summed E-state index contributed by atoms with van der Waals surface area (Å²) in [5, 5.41) is 2.96. The molecule has 0 saturated heterocycles. The van der Waals surface area contributed by atoms with Crippen molar-refractivity contribution in [3.05, 3.63) is 0 Å². The van der Waals surface area contributed by atoms with E-state index in [1.165, 1.54) is 0 Å². The highest BCUT2D eigenvalue weighted by Crippen LogP contribution is 2.21. The maximum Gasteiger partial charge on any atom is 0.389 e. The lowest BCUT2D eigenvalue weighted by Crippen LogP contribution is -2.13. The SMILES string of the molecule is NN=C(N)SCCC(F)(F)F. The number of halogens is 3. The first-order valence-corrected chi connectivity index (χ1v) is 3.67. The molecule has 0 atom stereocenters. The Morgan fingerprint density at radius 1 is 1.45 bits per heavy atom. The van der Waals surface area contributed by atoms with Crippen molar-refractivity contribution in [3.63, 3.8) is 0 Å². The predicted molar refractivity (Wildman–Crippen MR) is 38.9 cm³/mol. The first kappa shape index (κ1) is 10.4. The fraction of sp³-hybridized carbons (Fsp3) is 0.750. The van der Waals surface area contributed by atoms with Crippen molar-refractivity contribution in [3.8, 4) is 0 Å². The second-order valence-corrected chi connectivity index (χ2v) is 2.80. The molecule has 0 aliphatic rings. The van der Waals surface area contributed by atoms with Crippen LogP contribution in [0.4, 0.5) is 13.2 Å². The van der Waals surface area contributed by atoms with Gasteiger partial charge in [-0.15, -0.1) is 0 Å². The lowest BCUT2D eigenvalue weighted by atomic mass is 10.5.